The van der Waals surface area contributed by atoms with Crippen molar-refractivity contribution in [2.75, 3.05) is 30.0 Å². The highest BCUT2D eigenvalue weighted by Gasteiger charge is 2.16. The van der Waals surface area contributed by atoms with E-state index in [1.165, 1.54) is 12.1 Å². The molecule has 8 heteroatoms. The van der Waals surface area contributed by atoms with E-state index in [2.05, 4.69) is 15.6 Å². The molecule has 1 amide bonds. The van der Waals surface area contributed by atoms with Gasteiger partial charge in [-0.25, -0.2) is 9.37 Å². The lowest BCUT2D eigenvalue weighted by Gasteiger charge is -2.07. The van der Waals surface area contributed by atoms with Crippen molar-refractivity contribution in [2.24, 2.45) is 0 Å². The van der Waals surface area contributed by atoms with Crippen LogP contribution in [-0.4, -0.2) is 24.5 Å². The first-order valence-corrected chi connectivity index (χ1v) is 7.04. The number of nitrogens with zero attached hydrogens (tertiary/aromatic N) is 1. The first-order chi connectivity index (χ1) is 10.0. The summed E-state index contributed by atoms with van der Waals surface area (Å²) < 4.78 is 18.8. The second-order valence-corrected chi connectivity index (χ2v) is 5.01. The Balaban J connectivity index is 2.15. The number of anilines is 3. The number of aromatic nitrogens is 1. The molecule has 4 N–H and O–H groups in total. The SMILES string of the molecule is CCOc1ccc(NC(=O)c2sc(NC)nc2N)cc1F. The minimum Gasteiger partial charge on any atom is -0.491 e. The molecule has 21 heavy (non-hydrogen) atoms. The number of nitrogen functional groups attached to an aromatic ring is 1. The molecule has 0 aliphatic rings. The Morgan fingerprint density at radius 2 is 2.29 bits per heavy atom. The maximum Gasteiger partial charge on any atom is 0.269 e. The lowest BCUT2D eigenvalue weighted by Crippen LogP contribution is -2.12. The number of carbonyl (C=O) groups excluding carboxylic acids is 1. The molecule has 0 spiro atoms. The van der Waals surface area contributed by atoms with E-state index in [4.69, 9.17) is 10.5 Å². The van der Waals surface area contributed by atoms with Crippen molar-refractivity contribution < 1.29 is 13.9 Å². The third-order valence-electron chi connectivity index (χ3n) is 2.56. The highest BCUT2D eigenvalue weighted by molar-refractivity contribution is 7.18. The Morgan fingerprint density at radius 3 is 2.86 bits per heavy atom. The average molecular weight is 310 g/mol. The molecule has 1 heterocycles. The Labute approximate surface area is 125 Å². The fourth-order valence-corrected chi connectivity index (χ4v) is 2.37. The highest BCUT2D eigenvalue weighted by atomic mass is 32.1. The smallest absolute Gasteiger partial charge is 0.269 e. The zero-order chi connectivity index (χ0) is 15.4. The van der Waals surface area contributed by atoms with E-state index in [1.54, 1.807) is 20.0 Å². The number of amides is 1. The van der Waals surface area contributed by atoms with Gasteiger partial charge in [-0.1, -0.05) is 11.3 Å². The van der Waals surface area contributed by atoms with Gasteiger partial charge < -0.3 is 21.1 Å². The summed E-state index contributed by atoms with van der Waals surface area (Å²) in [6, 6.07) is 4.21. The maximum atomic E-state index is 13.7. The van der Waals surface area contributed by atoms with E-state index < -0.39 is 11.7 Å². The van der Waals surface area contributed by atoms with Crippen LogP contribution < -0.4 is 21.1 Å². The number of benzene rings is 1. The molecule has 1 aromatic heterocycles. The molecular weight excluding hydrogens is 295 g/mol. The van der Waals surface area contributed by atoms with E-state index in [0.717, 1.165) is 11.3 Å². The van der Waals surface area contributed by atoms with Crippen molar-refractivity contribution in [1.29, 1.82) is 0 Å². The number of thiazole rings is 1. The van der Waals surface area contributed by atoms with Crippen LogP contribution in [0.4, 0.5) is 21.0 Å². The molecule has 0 saturated heterocycles. The van der Waals surface area contributed by atoms with Gasteiger partial charge in [0.15, 0.2) is 16.7 Å². The largest absolute Gasteiger partial charge is 0.491 e. The van der Waals surface area contributed by atoms with Gasteiger partial charge in [0.25, 0.3) is 5.91 Å². The van der Waals surface area contributed by atoms with Crippen LogP contribution in [0.15, 0.2) is 18.2 Å². The highest BCUT2D eigenvalue weighted by Crippen LogP contribution is 2.26. The van der Waals surface area contributed by atoms with Gasteiger partial charge in [0.2, 0.25) is 0 Å². The molecule has 0 fully saturated rings. The predicted molar refractivity (Wildman–Crippen MR) is 81.6 cm³/mol. The summed E-state index contributed by atoms with van der Waals surface area (Å²) in [6.45, 7) is 2.13. The van der Waals surface area contributed by atoms with Crippen LogP contribution in [0.3, 0.4) is 0 Å². The van der Waals surface area contributed by atoms with Gasteiger partial charge in [-0.2, -0.15) is 0 Å². The van der Waals surface area contributed by atoms with E-state index >= 15 is 0 Å². The summed E-state index contributed by atoms with van der Waals surface area (Å²) in [4.78, 5) is 16.3. The molecule has 0 radical (unpaired) electrons. The molecule has 0 bridgehead atoms. The zero-order valence-electron chi connectivity index (χ0n) is 11.6. The van der Waals surface area contributed by atoms with E-state index in [1.807, 2.05) is 0 Å². The molecule has 2 rings (SSSR count). The number of hydrogen-bond donors (Lipinski definition) is 3. The number of nitrogens with two attached hydrogens (primary N) is 1. The molecule has 1 aromatic carbocycles. The predicted octanol–water partition coefficient (Wildman–Crippen LogP) is 2.56. The number of rotatable bonds is 5. The number of hydrogen-bond acceptors (Lipinski definition) is 6. The van der Waals surface area contributed by atoms with Crippen molar-refractivity contribution >= 4 is 33.9 Å². The Kier molecular flexibility index (Phi) is 4.59. The summed E-state index contributed by atoms with van der Waals surface area (Å²) >= 11 is 1.12. The van der Waals surface area contributed by atoms with E-state index in [0.29, 0.717) is 17.4 Å². The van der Waals surface area contributed by atoms with Crippen LogP contribution in [-0.2, 0) is 0 Å². The normalized spacial score (nSPS) is 10.2. The molecule has 0 aliphatic heterocycles. The van der Waals surface area contributed by atoms with Crippen LogP contribution in [0.5, 0.6) is 5.75 Å². The average Bonchev–Trinajstić information content (AvgIpc) is 2.83. The van der Waals surface area contributed by atoms with Gasteiger partial charge in [-0.15, -0.1) is 0 Å². The summed E-state index contributed by atoms with van der Waals surface area (Å²) in [5.41, 5.74) is 5.99. The van der Waals surface area contributed by atoms with Crippen LogP contribution in [0.25, 0.3) is 0 Å². The van der Waals surface area contributed by atoms with Crippen molar-refractivity contribution in [2.45, 2.75) is 6.92 Å². The summed E-state index contributed by atoms with van der Waals surface area (Å²) in [5.74, 6) is -0.698. The minimum absolute atomic E-state index is 0.133. The van der Waals surface area contributed by atoms with Gasteiger partial charge in [-0.05, 0) is 19.1 Å². The molecular formula is C13H15FN4O2S. The van der Waals surface area contributed by atoms with Gasteiger partial charge in [0, 0.05) is 18.8 Å². The lowest BCUT2D eigenvalue weighted by molar-refractivity contribution is 0.103. The van der Waals surface area contributed by atoms with E-state index in [9.17, 15) is 9.18 Å². The molecule has 0 saturated carbocycles. The fraction of sp³-hybridized carbons (Fsp3) is 0.231. The van der Waals surface area contributed by atoms with Gasteiger partial charge in [0.05, 0.1) is 6.61 Å². The molecule has 2 aromatic rings. The van der Waals surface area contributed by atoms with Crippen LogP contribution in [0, 0.1) is 5.82 Å². The second kappa shape index (κ2) is 6.40. The summed E-state index contributed by atoms with van der Waals surface area (Å²) in [5, 5.41) is 5.92. The maximum absolute atomic E-state index is 13.7. The first-order valence-electron chi connectivity index (χ1n) is 6.23. The topological polar surface area (TPSA) is 89.3 Å². The van der Waals surface area contributed by atoms with Crippen molar-refractivity contribution in [3.05, 3.63) is 28.9 Å². The number of halogens is 1. The Bertz CT molecular complexity index is 660. The van der Waals surface area contributed by atoms with E-state index in [-0.39, 0.29) is 16.4 Å². The van der Waals surface area contributed by atoms with Crippen molar-refractivity contribution in [3.8, 4) is 5.75 Å². The molecule has 0 unspecified atom stereocenters. The summed E-state index contributed by atoms with van der Waals surface area (Å²) in [6.07, 6.45) is 0. The fourth-order valence-electron chi connectivity index (χ4n) is 1.64. The number of ether oxygens (including phenoxy) is 1. The van der Waals surface area contributed by atoms with Gasteiger partial charge in [0.1, 0.15) is 10.7 Å². The van der Waals surface area contributed by atoms with Gasteiger partial charge in [-0.3, -0.25) is 4.79 Å². The third kappa shape index (κ3) is 3.40. The van der Waals surface area contributed by atoms with Crippen LogP contribution >= 0.6 is 11.3 Å². The molecule has 112 valence electrons. The summed E-state index contributed by atoms with van der Waals surface area (Å²) in [7, 11) is 1.68. The Morgan fingerprint density at radius 1 is 1.52 bits per heavy atom. The molecule has 0 aliphatic carbocycles. The molecule has 6 nitrogen and oxygen atoms in total. The molecule has 0 atom stereocenters. The first kappa shape index (κ1) is 15.0. The van der Waals surface area contributed by atoms with Crippen molar-refractivity contribution in [1.82, 2.24) is 4.98 Å². The second-order valence-electron chi connectivity index (χ2n) is 4.02. The van der Waals surface area contributed by atoms with Crippen LogP contribution in [0.1, 0.15) is 16.6 Å². The van der Waals surface area contributed by atoms with Gasteiger partial charge >= 0.3 is 0 Å². The van der Waals surface area contributed by atoms with Crippen molar-refractivity contribution in [3.63, 3.8) is 0 Å². The minimum atomic E-state index is -0.539. The lowest BCUT2D eigenvalue weighted by atomic mass is 10.3. The third-order valence-corrected chi connectivity index (χ3v) is 3.65. The number of nitrogens with one attached hydrogen (secondary N) is 2. The van der Waals surface area contributed by atoms with Crippen LogP contribution in [0.2, 0.25) is 0 Å². The zero-order valence-corrected chi connectivity index (χ0v) is 12.4. The number of carbonyl (C=O) groups is 1. The standard InChI is InChI=1S/C13H15FN4O2S/c1-3-20-9-5-4-7(6-8(9)14)17-12(19)10-11(15)18-13(16-2)21-10/h4-6H,3,15H2,1-2H3,(H,16,18)(H,17,19). The Hall–Kier alpha value is -2.35. The monoisotopic (exact) mass is 310 g/mol. The quantitative estimate of drug-likeness (QED) is 0.790.